The van der Waals surface area contributed by atoms with Crippen molar-refractivity contribution in [2.24, 2.45) is 4.99 Å². The standard InChI is InChI=1S/C26H29N7O/c1-14(2)33-25-22(13-29-33)21(26(34)28-12-19-11-27-16(4)8-15(19)3)10-24(30-25)18-6-7-23-20(9-18)17(5)31-32-23/h6-7,9-10,13-14H,8,11-12H2,1-5H3,(H,28,34)(H,31,32). The zero-order chi connectivity index (χ0) is 24.0. The molecule has 0 radical (unpaired) electrons. The predicted octanol–water partition coefficient (Wildman–Crippen LogP) is 4.77. The molecule has 0 bridgehead atoms. The predicted molar refractivity (Wildman–Crippen MR) is 135 cm³/mol. The summed E-state index contributed by atoms with van der Waals surface area (Å²) in [5, 5.41) is 16.8. The largest absolute Gasteiger partial charge is 0.348 e. The molecule has 0 saturated heterocycles. The first-order chi connectivity index (χ1) is 16.3. The second-order valence-corrected chi connectivity index (χ2v) is 9.35. The summed E-state index contributed by atoms with van der Waals surface area (Å²) in [6.45, 7) is 11.4. The van der Waals surface area contributed by atoms with Gasteiger partial charge in [0.2, 0.25) is 0 Å². The lowest BCUT2D eigenvalue weighted by Crippen LogP contribution is -2.28. The summed E-state index contributed by atoms with van der Waals surface area (Å²) in [5.74, 6) is -0.135. The number of fused-ring (bicyclic) bond motifs is 2. The monoisotopic (exact) mass is 455 g/mol. The van der Waals surface area contributed by atoms with E-state index in [1.54, 1.807) is 6.20 Å². The third-order valence-electron chi connectivity index (χ3n) is 6.47. The van der Waals surface area contributed by atoms with Gasteiger partial charge >= 0.3 is 0 Å². The Balaban J connectivity index is 1.55. The highest BCUT2D eigenvalue weighted by Gasteiger charge is 2.20. The van der Waals surface area contributed by atoms with E-state index in [4.69, 9.17) is 4.98 Å². The van der Waals surface area contributed by atoms with Gasteiger partial charge in [-0.2, -0.15) is 10.2 Å². The number of allylic oxidation sites excluding steroid dienone is 1. The number of nitrogens with zero attached hydrogens (tertiary/aromatic N) is 5. The first-order valence-corrected chi connectivity index (χ1v) is 11.6. The molecule has 174 valence electrons. The van der Waals surface area contributed by atoms with Gasteiger partial charge in [0.1, 0.15) is 0 Å². The van der Waals surface area contributed by atoms with Crippen molar-refractivity contribution in [1.82, 2.24) is 30.3 Å². The molecule has 0 aliphatic carbocycles. The highest BCUT2D eigenvalue weighted by molar-refractivity contribution is 6.06. The summed E-state index contributed by atoms with van der Waals surface area (Å²) in [5.41, 5.74) is 8.43. The van der Waals surface area contributed by atoms with Crippen molar-refractivity contribution in [2.45, 2.75) is 47.1 Å². The Kier molecular flexibility index (Phi) is 5.51. The van der Waals surface area contributed by atoms with Gasteiger partial charge in [-0.15, -0.1) is 0 Å². The van der Waals surface area contributed by atoms with Crippen molar-refractivity contribution in [3.8, 4) is 11.3 Å². The summed E-state index contributed by atoms with van der Waals surface area (Å²) in [6.07, 6.45) is 2.61. The second-order valence-electron chi connectivity index (χ2n) is 9.35. The number of amides is 1. The lowest BCUT2D eigenvalue weighted by molar-refractivity contribution is 0.0958. The number of carbonyl (C=O) groups excluding carboxylic acids is 1. The van der Waals surface area contributed by atoms with E-state index < -0.39 is 0 Å². The van der Waals surface area contributed by atoms with Crippen LogP contribution in [0.15, 0.2) is 46.6 Å². The number of H-pyrrole nitrogens is 1. The molecule has 3 aromatic heterocycles. The molecule has 8 nitrogen and oxygen atoms in total. The van der Waals surface area contributed by atoms with Crippen molar-refractivity contribution >= 4 is 33.6 Å². The number of rotatable bonds is 5. The molecule has 1 amide bonds. The topological polar surface area (TPSA) is 101 Å². The molecule has 4 heterocycles. The van der Waals surface area contributed by atoms with Crippen LogP contribution in [0.4, 0.5) is 0 Å². The van der Waals surface area contributed by atoms with Gasteiger partial charge in [0.15, 0.2) is 5.65 Å². The van der Waals surface area contributed by atoms with Crippen LogP contribution in [0.25, 0.3) is 33.2 Å². The smallest absolute Gasteiger partial charge is 0.252 e. The maximum absolute atomic E-state index is 13.4. The van der Waals surface area contributed by atoms with Gasteiger partial charge in [-0.25, -0.2) is 9.67 Å². The Hall–Kier alpha value is -3.81. The van der Waals surface area contributed by atoms with Gasteiger partial charge in [-0.3, -0.25) is 14.9 Å². The van der Waals surface area contributed by atoms with Gasteiger partial charge in [-0.1, -0.05) is 11.6 Å². The van der Waals surface area contributed by atoms with E-state index in [0.29, 0.717) is 24.3 Å². The number of hydrogen-bond acceptors (Lipinski definition) is 5. The summed E-state index contributed by atoms with van der Waals surface area (Å²) in [7, 11) is 0. The maximum atomic E-state index is 13.4. The Morgan fingerprint density at radius 1 is 1.18 bits per heavy atom. The van der Waals surface area contributed by atoms with E-state index in [1.165, 1.54) is 11.1 Å². The van der Waals surface area contributed by atoms with Crippen molar-refractivity contribution in [3.05, 3.63) is 52.9 Å². The molecule has 34 heavy (non-hydrogen) atoms. The van der Waals surface area contributed by atoms with Crippen LogP contribution in [-0.2, 0) is 0 Å². The van der Waals surface area contributed by atoms with Crippen LogP contribution in [0.1, 0.15) is 56.2 Å². The zero-order valence-corrected chi connectivity index (χ0v) is 20.2. The molecule has 0 saturated carbocycles. The van der Waals surface area contributed by atoms with Gasteiger partial charge in [0.05, 0.1) is 34.9 Å². The Labute approximate surface area is 198 Å². The first-order valence-electron chi connectivity index (χ1n) is 11.6. The van der Waals surface area contributed by atoms with Crippen molar-refractivity contribution in [1.29, 1.82) is 0 Å². The molecule has 1 aromatic carbocycles. The normalized spacial score (nSPS) is 14.4. The maximum Gasteiger partial charge on any atom is 0.252 e. The fourth-order valence-corrected chi connectivity index (χ4v) is 4.45. The Morgan fingerprint density at radius 2 is 2.00 bits per heavy atom. The number of aromatic amines is 1. The molecule has 0 atom stereocenters. The number of carbonyl (C=O) groups is 1. The number of nitrogens with one attached hydrogen (secondary N) is 2. The molecule has 5 rings (SSSR count). The number of hydrogen-bond donors (Lipinski definition) is 2. The molecule has 1 aliphatic rings. The van der Waals surface area contributed by atoms with Crippen LogP contribution in [0.2, 0.25) is 0 Å². The molecule has 0 spiro atoms. The van der Waals surface area contributed by atoms with Gasteiger partial charge in [0, 0.05) is 41.4 Å². The number of aryl methyl sites for hydroxylation is 1. The molecule has 8 heteroatoms. The Morgan fingerprint density at radius 3 is 2.76 bits per heavy atom. The SMILES string of the molecule is CC1=NCC(CNC(=O)c2cc(-c3ccc4n[nH]c(C)c4c3)nc3c2cnn3C(C)C)=C(C)C1. The van der Waals surface area contributed by atoms with Gasteiger partial charge in [0.25, 0.3) is 5.91 Å². The molecule has 0 fully saturated rings. The fourth-order valence-electron chi connectivity index (χ4n) is 4.45. The average molecular weight is 456 g/mol. The third kappa shape index (κ3) is 3.89. The summed E-state index contributed by atoms with van der Waals surface area (Å²) < 4.78 is 1.86. The zero-order valence-electron chi connectivity index (χ0n) is 20.2. The molecule has 0 unspecified atom stereocenters. The molecule has 4 aromatic rings. The average Bonchev–Trinajstić information content (AvgIpc) is 3.41. The van der Waals surface area contributed by atoms with Crippen molar-refractivity contribution in [3.63, 3.8) is 0 Å². The number of dihydropyridines is 1. The highest BCUT2D eigenvalue weighted by atomic mass is 16.1. The van der Waals surface area contributed by atoms with Gasteiger partial charge < -0.3 is 5.32 Å². The number of aromatic nitrogens is 5. The summed E-state index contributed by atoms with van der Waals surface area (Å²) in [6, 6.07) is 8.01. The van der Waals surface area contributed by atoms with Crippen LogP contribution in [0.3, 0.4) is 0 Å². The van der Waals surface area contributed by atoms with E-state index in [1.807, 2.05) is 36.7 Å². The van der Waals surface area contributed by atoms with Crippen LogP contribution in [-0.4, -0.2) is 49.7 Å². The van der Waals surface area contributed by atoms with Crippen molar-refractivity contribution < 1.29 is 4.79 Å². The van der Waals surface area contributed by atoms with E-state index in [0.717, 1.165) is 45.4 Å². The minimum atomic E-state index is -0.135. The van der Waals surface area contributed by atoms with Crippen LogP contribution in [0, 0.1) is 6.92 Å². The minimum Gasteiger partial charge on any atom is -0.348 e. The van der Waals surface area contributed by atoms with E-state index in [9.17, 15) is 4.79 Å². The quantitative estimate of drug-likeness (QED) is 0.423. The van der Waals surface area contributed by atoms with E-state index in [2.05, 4.69) is 52.4 Å². The van der Waals surface area contributed by atoms with E-state index >= 15 is 0 Å². The summed E-state index contributed by atoms with van der Waals surface area (Å²) >= 11 is 0. The number of pyridine rings is 1. The van der Waals surface area contributed by atoms with Crippen LogP contribution in [0.5, 0.6) is 0 Å². The van der Waals surface area contributed by atoms with Crippen molar-refractivity contribution in [2.75, 3.05) is 13.1 Å². The molecular formula is C26H29N7O. The molecule has 2 N–H and O–H groups in total. The fraction of sp³-hybridized carbons (Fsp3) is 0.346. The van der Waals surface area contributed by atoms with Crippen LogP contribution >= 0.6 is 0 Å². The van der Waals surface area contributed by atoms with E-state index in [-0.39, 0.29) is 11.9 Å². The second kappa shape index (κ2) is 8.52. The Bertz CT molecular complexity index is 1490. The molecular weight excluding hydrogens is 426 g/mol. The highest BCUT2D eigenvalue weighted by Crippen LogP contribution is 2.29. The third-order valence-corrected chi connectivity index (χ3v) is 6.47. The summed E-state index contributed by atoms with van der Waals surface area (Å²) in [4.78, 5) is 22.9. The van der Waals surface area contributed by atoms with Gasteiger partial charge in [-0.05, 0) is 58.4 Å². The molecule has 1 aliphatic heterocycles. The lowest BCUT2D eigenvalue weighted by atomic mass is 10.0. The number of benzene rings is 1. The minimum absolute atomic E-state index is 0.117. The number of aliphatic imine (C=N–C) groups is 1. The lowest BCUT2D eigenvalue weighted by Gasteiger charge is -2.17. The van der Waals surface area contributed by atoms with Crippen LogP contribution < -0.4 is 5.32 Å². The first kappa shape index (κ1) is 22.0.